The molecular formula is C40H52F8N8O8. The maximum absolute atomic E-state index is 15.9. The second-order valence-electron chi connectivity index (χ2n) is 17.1. The third-order valence-electron chi connectivity index (χ3n) is 12.0. The second-order valence-corrected chi connectivity index (χ2v) is 17.1. The van der Waals surface area contributed by atoms with Crippen LogP contribution in [0, 0.1) is 22.5 Å². The van der Waals surface area contributed by atoms with Gasteiger partial charge in [-0.2, -0.15) is 26.3 Å². The standard InChI is InChI=1S/C40H52F8N8O8/c1-37(2,39(43,44)45)31(51-35(60)62-5)33(58)50-14-26(57)17-55(53-34(59)32(52-36(61)63-6)38(3,4)40(46,47)48)18-27-28(41)11-22(12-29(27)42)21-7-10-30(49-13-21)54-15-23-8-9-24(16-54)56(23)25-19-64-20-25/h7,10-13,23-26,31-32,57H,8-9,14-20H2,1-6H3,(H,50,58)(H,51,60)(H,52,61)(H,53,59)/t23?,24?,26-,31?,32-/m1/s1. The average Bonchev–Trinajstić information content (AvgIpc) is 3.42. The Balaban J connectivity index is 1.37. The van der Waals surface area contributed by atoms with Crippen LogP contribution in [0.4, 0.5) is 50.5 Å². The molecule has 16 nitrogen and oxygen atoms in total. The molecule has 3 unspecified atom stereocenters. The van der Waals surface area contributed by atoms with Crippen molar-refractivity contribution in [2.75, 3.05) is 58.5 Å². The normalized spacial score (nSPS) is 19.9. The summed E-state index contributed by atoms with van der Waals surface area (Å²) in [5, 5.41) is 17.1. The number of piperazine rings is 1. The maximum atomic E-state index is 15.9. The number of hydrogen-bond acceptors (Lipinski definition) is 12. The van der Waals surface area contributed by atoms with E-state index in [1.165, 1.54) is 6.20 Å². The van der Waals surface area contributed by atoms with Gasteiger partial charge in [-0.3, -0.25) is 19.9 Å². The lowest BCUT2D eigenvalue weighted by atomic mass is 9.83. The highest BCUT2D eigenvalue weighted by Crippen LogP contribution is 2.42. The number of halogens is 8. The third kappa shape index (κ3) is 11.1. The van der Waals surface area contributed by atoms with Gasteiger partial charge in [0.25, 0.3) is 5.91 Å². The summed E-state index contributed by atoms with van der Waals surface area (Å²) in [5.74, 6) is -4.76. The molecule has 4 heterocycles. The third-order valence-corrected chi connectivity index (χ3v) is 12.0. The second kappa shape index (κ2) is 19.6. The van der Waals surface area contributed by atoms with Crippen molar-refractivity contribution in [1.29, 1.82) is 0 Å². The molecule has 0 spiro atoms. The number of aliphatic hydroxyl groups excluding tert-OH is 1. The van der Waals surface area contributed by atoms with Gasteiger partial charge in [-0.25, -0.2) is 28.4 Å². The Morgan fingerprint density at radius 1 is 0.828 bits per heavy atom. The quantitative estimate of drug-likeness (QED) is 0.121. The number of rotatable bonds is 16. The van der Waals surface area contributed by atoms with E-state index in [4.69, 9.17) is 4.74 Å². The number of nitrogens with one attached hydrogen (secondary N) is 4. The fourth-order valence-electron chi connectivity index (χ4n) is 7.81. The summed E-state index contributed by atoms with van der Waals surface area (Å²) in [4.78, 5) is 59.8. The van der Waals surface area contributed by atoms with Gasteiger partial charge in [0.1, 0.15) is 29.5 Å². The molecule has 0 radical (unpaired) electrons. The van der Waals surface area contributed by atoms with Crippen molar-refractivity contribution in [3.8, 4) is 11.1 Å². The number of nitrogens with zero attached hydrogens (tertiary/aromatic N) is 4. The molecule has 4 amide bonds. The molecule has 64 heavy (non-hydrogen) atoms. The maximum Gasteiger partial charge on any atom is 0.407 e. The van der Waals surface area contributed by atoms with Crippen LogP contribution in [0.15, 0.2) is 30.5 Å². The SMILES string of the molecule is COC(=O)NC(C(=O)NC[C@@H](O)CN(Cc1c(F)cc(-c2ccc(N3CC4CCC(C3)N4C3COC3)nc2)cc1F)NC(=O)[C@@H](NC(=O)OC)C(C)(C)C(F)(F)F)C(C)(C)C(F)(F)F. The van der Waals surface area contributed by atoms with Crippen LogP contribution in [0.25, 0.3) is 11.1 Å². The highest BCUT2D eigenvalue weighted by atomic mass is 19.4. The summed E-state index contributed by atoms with van der Waals surface area (Å²) >= 11 is 0. The molecule has 5 rings (SSSR count). The summed E-state index contributed by atoms with van der Waals surface area (Å²) in [6.45, 7) is 2.47. The van der Waals surface area contributed by atoms with Crippen LogP contribution in [0.2, 0.25) is 0 Å². The average molecular weight is 925 g/mol. The van der Waals surface area contributed by atoms with Gasteiger partial charge < -0.3 is 40.2 Å². The minimum Gasteiger partial charge on any atom is -0.453 e. The molecule has 2 bridgehead atoms. The Labute approximate surface area is 363 Å². The molecule has 3 saturated heterocycles. The molecular weight excluding hydrogens is 872 g/mol. The Bertz CT molecular complexity index is 1970. The number of carbonyl (C=O) groups is 4. The van der Waals surface area contributed by atoms with Gasteiger partial charge in [0.05, 0.1) is 50.4 Å². The largest absolute Gasteiger partial charge is 0.453 e. The monoisotopic (exact) mass is 924 g/mol. The first kappa shape index (κ1) is 49.9. The van der Waals surface area contributed by atoms with Crippen molar-refractivity contribution in [2.45, 2.75) is 95.7 Å². The van der Waals surface area contributed by atoms with Gasteiger partial charge in [-0.15, -0.1) is 0 Å². The van der Waals surface area contributed by atoms with Crippen molar-refractivity contribution < 1.29 is 73.6 Å². The number of pyridine rings is 1. The van der Waals surface area contributed by atoms with E-state index in [9.17, 15) is 50.6 Å². The number of hydrazine groups is 1. The molecule has 0 aliphatic carbocycles. The molecule has 24 heteroatoms. The Hall–Kier alpha value is -5.07. The lowest BCUT2D eigenvalue weighted by molar-refractivity contribution is -0.221. The highest BCUT2D eigenvalue weighted by molar-refractivity contribution is 5.87. The molecule has 2 aromatic rings. The van der Waals surface area contributed by atoms with E-state index in [2.05, 4.69) is 24.3 Å². The van der Waals surface area contributed by atoms with Gasteiger partial charge in [0, 0.05) is 62.1 Å². The minimum atomic E-state index is -5.13. The molecule has 1 aromatic heterocycles. The Kier molecular flexibility index (Phi) is 15.3. The van der Waals surface area contributed by atoms with E-state index < -0.39 is 102 Å². The molecule has 3 aliphatic rings. The van der Waals surface area contributed by atoms with Gasteiger partial charge in [-0.05, 0) is 70.4 Å². The molecule has 5 N–H and O–H groups in total. The number of benzene rings is 1. The number of alkyl carbamates (subject to hydrolysis) is 2. The molecule has 1 aromatic carbocycles. The topological polar surface area (TPSA) is 187 Å². The number of fused-ring (bicyclic) bond motifs is 2. The van der Waals surface area contributed by atoms with Crippen molar-refractivity contribution in [1.82, 2.24) is 36.3 Å². The van der Waals surface area contributed by atoms with Crippen LogP contribution < -0.4 is 26.3 Å². The van der Waals surface area contributed by atoms with E-state index in [1.54, 1.807) is 22.8 Å². The molecule has 3 aliphatic heterocycles. The first-order chi connectivity index (χ1) is 29.8. The Morgan fingerprint density at radius 2 is 1.34 bits per heavy atom. The van der Waals surface area contributed by atoms with E-state index >= 15 is 8.78 Å². The van der Waals surface area contributed by atoms with Gasteiger partial charge >= 0.3 is 24.5 Å². The van der Waals surface area contributed by atoms with Gasteiger partial charge in [-0.1, -0.05) is 0 Å². The van der Waals surface area contributed by atoms with E-state index in [1.807, 2.05) is 10.7 Å². The Morgan fingerprint density at radius 3 is 1.78 bits per heavy atom. The first-order valence-electron chi connectivity index (χ1n) is 20.2. The van der Waals surface area contributed by atoms with Crippen LogP contribution in [-0.2, 0) is 30.3 Å². The summed E-state index contributed by atoms with van der Waals surface area (Å²) in [6, 6.07) is 1.62. The molecule has 356 valence electrons. The predicted molar refractivity (Wildman–Crippen MR) is 211 cm³/mol. The highest BCUT2D eigenvalue weighted by Gasteiger charge is 2.57. The number of ether oxygens (including phenoxy) is 3. The lowest BCUT2D eigenvalue weighted by Gasteiger charge is -2.48. The minimum absolute atomic E-state index is 0.0529. The smallest absolute Gasteiger partial charge is 0.407 e. The fraction of sp³-hybridized carbons (Fsp3) is 0.625. The zero-order valence-corrected chi connectivity index (χ0v) is 35.8. The number of carbonyl (C=O) groups excluding carboxylic acids is 4. The number of methoxy groups -OCH3 is 2. The fourth-order valence-corrected chi connectivity index (χ4v) is 7.81. The number of aliphatic hydroxyl groups is 1. The van der Waals surface area contributed by atoms with E-state index in [-0.39, 0.29) is 5.56 Å². The van der Waals surface area contributed by atoms with Crippen molar-refractivity contribution >= 4 is 29.8 Å². The number of aromatic nitrogens is 1. The van der Waals surface area contributed by atoms with Crippen LogP contribution in [0.1, 0.15) is 46.1 Å². The number of alkyl halides is 6. The first-order valence-corrected chi connectivity index (χ1v) is 20.2. The predicted octanol–water partition coefficient (Wildman–Crippen LogP) is 4.02. The van der Waals surface area contributed by atoms with Crippen molar-refractivity contribution in [3.05, 3.63) is 47.7 Å². The van der Waals surface area contributed by atoms with Crippen LogP contribution in [0.5, 0.6) is 0 Å². The van der Waals surface area contributed by atoms with Crippen LogP contribution >= 0.6 is 0 Å². The summed E-state index contributed by atoms with van der Waals surface area (Å²) in [6.07, 6.45) is -11.4. The number of anilines is 1. The summed E-state index contributed by atoms with van der Waals surface area (Å²) in [5.41, 5.74) is -4.24. The number of hydrogen-bond donors (Lipinski definition) is 5. The lowest BCUT2D eigenvalue weighted by Crippen LogP contribution is -2.62. The van der Waals surface area contributed by atoms with Gasteiger partial charge in [0.2, 0.25) is 5.91 Å². The van der Waals surface area contributed by atoms with Crippen LogP contribution in [0.3, 0.4) is 0 Å². The summed E-state index contributed by atoms with van der Waals surface area (Å²) < 4.78 is 130. The summed E-state index contributed by atoms with van der Waals surface area (Å²) in [7, 11) is 1.66. The molecule has 3 fully saturated rings. The zero-order chi connectivity index (χ0) is 47.5. The molecule has 0 saturated carbocycles. The van der Waals surface area contributed by atoms with E-state index in [0.29, 0.717) is 75.4 Å². The van der Waals surface area contributed by atoms with E-state index in [0.717, 1.165) is 52.3 Å². The molecule has 5 atom stereocenters. The zero-order valence-electron chi connectivity index (χ0n) is 35.8. The van der Waals surface area contributed by atoms with Crippen molar-refractivity contribution in [2.24, 2.45) is 10.8 Å². The van der Waals surface area contributed by atoms with Crippen LogP contribution in [-0.4, -0.2) is 146 Å². The number of amides is 4. The van der Waals surface area contributed by atoms with Crippen molar-refractivity contribution in [3.63, 3.8) is 0 Å². The van der Waals surface area contributed by atoms with Gasteiger partial charge in [0.15, 0.2) is 0 Å².